The molecule has 0 saturated heterocycles. The molecule has 4 nitrogen and oxygen atoms in total. The first-order valence-corrected chi connectivity index (χ1v) is 6.36. The lowest BCUT2D eigenvalue weighted by atomic mass is 10.3. The van der Waals surface area contributed by atoms with Crippen molar-refractivity contribution in [2.24, 2.45) is 5.92 Å². The smallest absolute Gasteiger partial charge is 0.243 e. The summed E-state index contributed by atoms with van der Waals surface area (Å²) in [5.41, 5.74) is 0. The van der Waals surface area contributed by atoms with Crippen molar-refractivity contribution in [2.75, 3.05) is 12.8 Å². The number of hydrogen-bond donors (Lipinski definition) is 1. The van der Waals surface area contributed by atoms with Gasteiger partial charge in [-0.3, -0.25) is 0 Å². The molecule has 1 aromatic heterocycles. The van der Waals surface area contributed by atoms with Gasteiger partial charge in [-0.15, -0.1) is 0 Å². The summed E-state index contributed by atoms with van der Waals surface area (Å²) in [6, 6.07) is 0.126. The molecule has 0 radical (unpaired) electrons. The van der Waals surface area contributed by atoms with Crippen LogP contribution in [0.2, 0.25) is 0 Å². The van der Waals surface area contributed by atoms with E-state index in [4.69, 9.17) is 4.52 Å². The summed E-state index contributed by atoms with van der Waals surface area (Å²) in [4.78, 5) is 4.32. The Labute approximate surface area is 95.2 Å². The lowest BCUT2D eigenvalue weighted by Gasteiger charge is -2.02. The Balaban J connectivity index is 2.39. The van der Waals surface area contributed by atoms with Gasteiger partial charge in [0, 0.05) is 0 Å². The summed E-state index contributed by atoms with van der Waals surface area (Å²) in [6.45, 7) is 6.41. The molecule has 0 aliphatic carbocycles. The van der Waals surface area contributed by atoms with Crippen molar-refractivity contribution in [2.45, 2.75) is 32.6 Å². The molecule has 1 rings (SSSR count). The van der Waals surface area contributed by atoms with Gasteiger partial charge in [-0.25, -0.2) is 0 Å². The van der Waals surface area contributed by atoms with E-state index < -0.39 is 0 Å². The van der Waals surface area contributed by atoms with Gasteiger partial charge < -0.3 is 9.84 Å². The number of thioether (sulfide) groups is 1. The summed E-state index contributed by atoms with van der Waals surface area (Å²) in [5.74, 6) is 4.12. The highest BCUT2D eigenvalue weighted by atomic mass is 32.2. The van der Waals surface area contributed by atoms with Crippen molar-refractivity contribution in [3.05, 3.63) is 11.7 Å². The molecule has 0 bridgehead atoms. The van der Waals surface area contributed by atoms with Gasteiger partial charge in [0.2, 0.25) is 5.89 Å². The molecular formula is C10H19N3OS. The van der Waals surface area contributed by atoms with Crippen LogP contribution in [0.25, 0.3) is 0 Å². The maximum atomic E-state index is 5.14. The third-order valence-electron chi connectivity index (χ3n) is 1.97. The summed E-state index contributed by atoms with van der Waals surface area (Å²) in [5, 5.41) is 7.00. The largest absolute Gasteiger partial charge is 0.338 e. The zero-order valence-corrected chi connectivity index (χ0v) is 10.6. The second-order valence-corrected chi connectivity index (χ2v) is 5.00. The van der Waals surface area contributed by atoms with Gasteiger partial charge >= 0.3 is 0 Å². The second-order valence-electron chi connectivity index (χ2n) is 3.97. The molecular weight excluding hydrogens is 210 g/mol. The van der Waals surface area contributed by atoms with E-state index in [1.54, 1.807) is 0 Å². The molecule has 15 heavy (non-hydrogen) atoms. The Morgan fingerprint density at radius 1 is 1.40 bits per heavy atom. The minimum absolute atomic E-state index is 0.126. The third kappa shape index (κ3) is 4.22. The average Bonchev–Trinajstić information content (AvgIpc) is 2.65. The van der Waals surface area contributed by atoms with Crippen LogP contribution in [-0.4, -0.2) is 22.9 Å². The Morgan fingerprint density at radius 3 is 2.73 bits per heavy atom. The van der Waals surface area contributed by atoms with E-state index in [-0.39, 0.29) is 6.04 Å². The first-order chi connectivity index (χ1) is 7.13. The highest BCUT2D eigenvalue weighted by Gasteiger charge is 2.11. The van der Waals surface area contributed by atoms with Gasteiger partial charge in [0.15, 0.2) is 5.82 Å². The van der Waals surface area contributed by atoms with E-state index in [0.717, 1.165) is 17.3 Å². The molecule has 0 spiro atoms. The van der Waals surface area contributed by atoms with E-state index in [1.165, 1.54) is 0 Å². The van der Waals surface area contributed by atoms with E-state index in [2.05, 4.69) is 29.3 Å². The monoisotopic (exact) mass is 229 g/mol. The Kier molecular flexibility index (Phi) is 5.11. The van der Waals surface area contributed by atoms with Crippen LogP contribution in [0.5, 0.6) is 0 Å². The molecule has 0 aliphatic rings. The van der Waals surface area contributed by atoms with Gasteiger partial charge in [-0.1, -0.05) is 19.0 Å². The quantitative estimate of drug-likeness (QED) is 0.810. The van der Waals surface area contributed by atoms with E-state index >= 15 is 0 Å². The third-order valence-corrected chi connectivity index (χ3v) is 3.33. The molecule has 1 atom stereocenters. The first-order valence-electron chi connectivity index (χ1n) is 5.21. The lowest BCUT2D eigenvalue weighted by molar-refractivity contribution is 0.344. The molecule has 5 heteroatoms. The normalized spacial score (nSPS) is 13.4. The van der Waals surface area contributed by atoms with Crippen LogP contribution in [0.1, 0.15) is 38.5 Å². The van der Waals surface area contributed by atoms with Gasteiger partial charge in [0.05, 0.1) is 11.8 Å². The topological polar surface area (TPSA) is 51.0 Å². The van der Waals surface area contributed by atoms with Crippen LogP contribution in [0.15, 0.2) is 4.52 Å². The standard InChI is InChI=1S/C10H19N3OS/c1-7(2)5-15-6-9-12-10(14-13-9)8(3)11-4/h7-8,11H,5-6H2,1-4H3. The lowest BCUT2D eigenvalue weighted by Crippen LogP contribution is -2.12. The van der Waals surface area contributed by atoms with Crippen LogP contribution in [0.4, 0.5) is 0 Å². The van der Waals surface area contributed by atoms with Crippen LogP contribution in [-0.2, 0) is 5.75 Å². The fourth-order valence-electron chi connectivity index (χ4n) is 1.01. The Morgan fingerprint density at radius 2 is 2.13 bits per heavy atom. The Hall–Kier alpha value is -0.550. The summed E-state index contributed by atoms with van der Waals surface area (Å²) >= 11 is 1.84. The summed E-state index contributed by atoms with van der Waals surface area (Å²) in [7, 11) is 1.88. The van der Waals surface area contributed by atoms with Gasteiger partial charge in [-0.2, -0.15) is 16.7 Å². The average molecular weight is 229 g/mol. The van der Waals surface area contributed by atoms with E-state index in [0.29, 0.717) is 11.8 Å². The predicted octanol–water partition coefficient (Wildman–Crippen LogP) is 2.24. The molecule has 1 N–H and O–H groups in total. The van der Waals surface area contributed by atoms with Crippen LogP contribution < -0.4 is 5.32 Å². The van der Waals surface area contributed by atoms with Crippen molar-refractivity contribution in [1.82, 2.24) is 15.5 Å². The van der Waals surface area contributed by atoms with Gasteiger partial charge in [0.1, 0.15) is 0 Å². The molecule has 0 aliphatic heterocycles. The van der Waals surface area contributed by atoms with Crippen molar-refractivity contribution in [1.29, 1.82) is 0 Å². The highest BCUT2D eigenvalue weighted by molar-refractivity contribution is 7.98. The molecule has 86 valence electrons. The molecule has 0 aromatic carbocycles. The maximum Gasteiger partial charge on any atom is 0.243 e. The number of nitrogens with zero attached hydrogens (tertiary/aromatic N) is 2. The molecule has 1 heterocycles. The van der Waals surface area contributed by atoms with Gasteiger partial charge in [0.25, 0.3) is 0 Å². The second kappa shape index (κ2) is 6.12. The van der Waals surface area contributed by atoms with Crippen molar-refractivity contribution in [3.8, 4) is 0 Å². The van der Waals surface area contributed by atoms with Crippen molar-refractivity contribution >= 4 is 11.8 Å². The van der Waals surface area contributed by atoms with Crippen molar-refractivity contribution in [3.63, 3.8) is 0 Å². The maximum absolute atomic E-state index is 5.14. The molecule has 0 saturated carbocycles. The number of rotatable bonds is 6. The SMILES string of the molecule is CNC(C)c1nc(CSCC(C)C)no1. The molecule has 1 unspecified atom stereocenters. The Bertz CT molecular complexity index is 288. The number of nitrogens with one attached hydrogen (secondary N) is 1. The number of aromatic nitrogens is 2. The van der Waals surface area contributed by atoms with Gasteiger partial charge in [-0.05, 0) is 25.6 Å². The molecule has 1 aromatic rings. The minimum Gasteiger partial charge on any atom is -0.338 e. The highest BCUT2D eigenvalue weighted by Crippen LogP contribution is 2.15. The summed E-state index contributed by atoms with van der Waals surface area (Å²) in [6.07, 6.45) is 0. The summed E-state index contributed by atoms with van der Waals surface area (Å²) < 4.78 is 5.14. The first kappa shape index (κ1) is 12.5. The fourth-order valence-corrected chi connectivity index (χ4v) is 1.90. The van der Waals surface area contributed by atoms with Crippen LogP contribution in [0, 0.1) is 5.92 Å². The van der Waals surface area contributed by atoms with Crippen LogP contribution in [0.3, 0.4) is 0 Å². The predicted molar refractivity (Wildman–Crippen MR) is 62.8 cm³/mol. The van der Waals surface area contributed by atoms with Crippen molar-refractivity contribution < 1.29 is 4.52 Å². The zero-order valence-electron chi connectivity index (χ0n) is 9.78. The zero-order chi connectivity index (χ0) is 11.3. The molecule has 0 amide bonds. The van der Waals surface area contributed by atoms with Crippen LogP contribution >= 0.6 is 11.8 Å². The molecule has 0 fully saturated rings. The fraction of sp³-hybridized carbons (Fsp3) is 0.800. The minimum atomic E-state index is 0.126. The van der Waals surface area contributed by atoms with E-state index in [1.807, 2.05) is 25.7 Å². The van der Waals surface area contributed by atoms with E-state index in [9.17, 15) is 0 Å². The number of hydrogen-bond acceptors (Lipinski definition) is 5.